The molecule has 1 aromatic heterocycles. The van der Waals surface area contributed by atoms with Gasteiger partial charge in [-0.05, 0) is 24.6 Å². The molecule has 2 rings (SSSR count). The molecule has 1 aromatic carbocycles. The maximum absolute atomic E-state index is 13.3. The Kier molecular flexibility index (Phi) is 5.46. The average Bonchev–Trinajstić information content (AvgIpc) is 2.88. The van der Waals surface area contributed by atoms with Crippen LogP contribution in [0.2, 0.25) is 0 Å². The fourth-order valence-electron chi connectivity index (χ4n) is 2.06. The summed E-state index contributed by atoms with van der Waals surface area (Å²) in [4.78, 5) is 10.7. The van der Waals surface area contributed by atoms with E-state index in [1.165, 1.54) is 18.5 Å². The summed E-state index contributed by atoms with van der Waals surface area (Å²) in [6, 6.07) is 6.58. The molecular weight excluding hydrogens is 283 g/mol. The SMILES string of the molecule is CCNC(=NCc1ncnn1C)N(C)Cc1cccc(F)c1. The van der Waals surface area contributed by atoms with Crippen LogP contribution in [0.3, 0.4) is 0 Å². The first-order chi connectivity index (χ1) is 10.6. The van der Waals surface area contributed by atoms with Gasteiger partial charge in [-0.1, -0.05) is 12.1 Å². The highest BCUT2D eigenvalue weighted by atomic mass is 19.1. The van der Waals surface area contributed by atoms with E-state index >= 15 is 0 Å². The molecule has 0 saturated heterocycles. The molecule has 7 heteroatoms. The molecule has 0 aliphatic heterocycles. The molecule has 0 fully saturated rings. The van der Waals surface area contributed by atoms with Gasteiger partial charge in [0.05, 0.1) is 0 Å². The summed E-state index contributed by atoms with van der Waals surface area (Å²) in [6.07, 6.45) is 1.51. The van der Waals surface area contributed by atoms with E-state index in [9.17, 15) is 4.39 Å². The van der Waals surface area contributed by atoms with E-state index in [1.54, 1.807) is 10.7 Å². The Bertz CT molecular complexity index is 636. The minimum Gasteiger partial charge on any atom is -0.357 e. The Labute approximate surface area is 129 Å². The molecule has 0 atom stereocenters. The molecule has 0 amide bonds. The van der Waals surface area contributed by atoms with Crippen molar-refractivity contribution in [2.45, 2.75) is 20.0 Å². The summed E-state index contributed by atoms with van der Waals surface area (Å²) in [5.41, 5.74) is 0.895. The van der Waals surface area contributed by atoms with Gasteiger partial charge in [0.25, 0.3) is 0 Å². The lowest BCUT2D eigenvalue weighted by Crippen LogP contribution is -2.38. The van der Waals surface area contributed by atoms with E-state index in [4.69, 9.17) is 0 Å². The second kappa shape index (κ2) is 7.53. The van der Waals surface area contributed by atoms with Crippen LogP contribution in [0.5, 0.6) is 0 Å². The van der Waals surface area contributed by atoms with E-state index in [1.807, 2.05) is 32.0 Å². The van der Waals surface area contributed by atoms with E-state index in [0.717, 1.165) is 23.9 Å². The zero-order chi connectivity index (χ0) is 15.9. The van der Waals surface area contributed by atoms with Gasteiger partial charge in [0.1, 0.15) is 24.5 Å². The van der Waals surface area contributed by atoms with Gasteiger partial charge in [-0.15, -0.1) is 0 Å². The highest BCUT2D eigenvalue weighted by Gasteiger charge is 2.08. The normalized spacial score (nSPS) is 11.5. The summed E-state index contributed by atoms with van der Waals surface area (Å²) < 4.78 is 15.0. The molecule has 0 saturated carbocycles. The summed E-state index contributed by atoms with van der Waals surface area (Å²) in [5.74, 6) is 1.30. The average molecular weight is 304 g/mol. The monoisotopic (exact) mass is 304 g/mol. The number of nitrogens with zero attached hydrogens (tertiary/aromatic N) is 5. The minimum atomic E-state index is -0.230. The molecule has 0 unspecified atom stereocenters. The summed E-state index contributed by atoms with van der Waals surface area (Å²) in [7, 11) is 3.75. The number of aliphatic imine (C=N–C) groups is 1. The molecular formula is C15H21FN6. The first-order valence-corrected chi connectivity index (χ1v) is 7.17. The van der Waals surface area contributed by atoms with Gasteiger partial charge in [-0.3, -0.25) is 4.68 Å². The van der Waals surface area contributed by atoms with Crippen LogP contribution in [0, 0.1) is 5.82 Å². The topological polar surface area (TPSA) is 58.3 Å². The number of aromatic nitrogens is 3. The summed E-state index contributed by atoms with van der Waals surface area (Å²) in [5, 5.41) is 7.25. The molecule has 2 aromatic rings. The van der Waals surface area contributed by atoms with Crippen molar-refractivity contribution < 1.29 is 4.39 Å². The van der Waals surface area contributed by atoms with E-state index < -0.39 is 0 Å². The number of hydrogen-bond donors (Lipinski definition) is 1. The van der Waals surface area contributed by atoms with Crippen LogP contribution in [-0.2, 0) is 20.1 Å². The highest BCUT2D eigenvalue weighted by Crippen LogP contribution is 2.07. The molecule has 118 valence electrons. The van der Waals surface area contributed by atoms with E-state index in [0.29, 0.717) is 13.1 Å². The second-order valence-electron chi connectivity index (χ2n) is 4.96. The van der Waals surface area contributed by atoms with Gasteiger partial charge >= 0.3 is 0 Å². The van der Waals surface area contributed by atoms with Gasteiger partial charge in [-0.25, -0.2) is 14.4 Å². The third-order valence-corrected chi connectivity index (χ3v) is 3.18. The highest BCUT2D eigenvalue weighted by molar-refractivity contribution is 5.79. The molecule has 1 heterocycles. The van der Waals surface area contributed by atoms with Gasteiger partial charge < -0.3 is 10.2 Å². The van der Waals surface area contributed by atoms with E-state index in [-0.39, 0.29) is 5.82 Å². The Balaban J connectivity index is 2.07. The van der Waals surface area contributed by atoms with Crippen molar-refractivity contribution in [1.82, 2.24) is 25.0 Å². The van der Waals surface area contributed by atoms with Crippen LogP contribution >= 0.6 is 0 Å². The smallest absolute Gasteiger partial charge is 0.194 e. The number of nitrogens with one attached hydrogen (secondary N) is 1. The molecule has 6 nitrogen and oxygen atoms in total. The molecule has 22 heavy (non-hydrogen) atoms. The molecule has 1 N–H and O–H groups in total. The molecule has 0 aliphatic rings. The molecule has 0 aliphatic carbocycles. The lowest BCUT2D eigenvalue weighted by Gasteiger charge is -2.22. The van der Waals surface area contributed by atoms with Gasteiger partial charge in [0, 0.05) is 27.2 Å². The van der Waals surface area contributed by atoms with Crippen molar-refractivity contribution in [1.29, 1.82) is 0 Å². The van der Waals surface area contributed by atoms with Crippen molar-refractivity contribution in [3.63, 3.8) is 0 Å². The Morgan fingerprint density at radius 3 is 2.91 bits per heavy atom. The van der Waals surface area contributed by atoms with Crippen molar-refractivity contribution in [3.05, 3.63) is 47.8 Å². The predicted octanol–water partition coefficient (Wildman–Crippen LogP) is 1.55. The maximum Gasteiger partial charge on any atom is 0.194 e. The van der Waals surface area contributed by atoms with Crippen molar-refractivity contribution in [2.24, 2.45) is 12.0 Å². The van der Waals surface area contributed by atoms with Crippen LogP contribution in [0.25, 0.3) is 0 Å². The number of benzene rings is 1. The standard InChI is InChI=1S/C15H21FN6/c1-4-17-15(18-9-14-19-11-20-22(14)3)21(2)10-12-6-5-7-13(16)8-12/h5-8,11H,4,9-10H2,1-3H3,(H,17,18). The lowest BCUT2D eigenvalue weighted by atomic mass is 10.2. The molecule has 0 bridgehead atoms. The maximum atomic E-state index is 13.3. The minimum absolute atomic E-state index is 0.230. The van der Waals surface area contributed by atoms with E-state index in [2.05, 4.69) is 20.4 Å². The van der Waals surface area contributed by atoms with Gasteiger partial charge in [0.15, 0.2) is 5.96 Å². The summed E-state index contributed by atoms with van der Waals surface area (Å²) in [6.45, 7) is 3.77. The number of halogens is 1. The zero-order valence-electron chi connectivity index (χ0n) is 13.1. The third-order valence-electron chi connectivity index (χ3n) is 3.18. The predicted molar refractivity (Wildman–Crippen MR) is 83.7 cm³/mol. The zero-order valence-corrected chi connectivity index (χ0v) is 13.1. The number of rotatable bonds is 5. The largest absolute Gasteiger partial charge is 0.357 e. The van der Waals surface area contributed by atoms with Crippen LogP contribution < -0.4 is 5.32 Å². The Morgan fingerprint density at radius 1 is 1.45 bits per heavy atom. The quantitative estimate of drug-likeness (QED) is 0.672. The van der Waals surface area contributed by atoms with Gasteiger partial charge in [0.2, 0.25) is 0 Å². The van der Waals surface area contributed by atoms with Crippen LogP contribution in [-0.4, -0.2) is 39.2 Å². The lowest BCUT2D eigenvalue weighted by molar-refractivity contribution is 0.474. The van der Waals surface area contributed by atoms with Crippen LogP contribution in [0.4, 0.5) is 4.39 Å². The van der Waals surface area contributed by atoms with Crippen molar-refractivity contribution in [3.8, 4) is 0 Å². The molecule has 0 spiro atoms. The number of guanidine groups is 1. The second-order valence-corrected chi connectivity index (χ2v) is 4.96. The number of aryl methyl sites for hydroxylation is 1. The Hall–Kier alpha value is -2.44. The van der Waals surface area contributed by atoms with Crippen LogP contribution in [0.15, 0.2) is 35.6 Å². The fraction of sp³-hybridized carbons (Fsp3) is 0.400. The third kappa shape index (κ3) is 4.28. The Morgan fingerprint density at radius 2 is 2.27 bits per heavy atom. The van der Waals surface area contributed by atoms with Crippen molar-refractivity contribution >= 4 is 5.96 Å². The van der Waals surface area contributed by atoms with Crippen LogP contribution in [0.1, 0.15) is 18.3 Å². The first-order valence-electron chi connectivity index (χ1n) is 7.17. The van der Waals surface area contributed by atoms with Crippen molar-refractivity contribution in [2.75, 3.05) is 13.6 Å². The first kappa shape index (κ1) is 15.9. The number of hydrogen-bond acceptors (Lipinski definition) is 3. The molecule has 0 radical (unpaired) electrons. The van der Waals surface area contributed by atoms with Gasteiger partial charge in [-0.2, -0.15) is 5.10 Å². The fourth-order valence-corrected chi connectivity index (χ4v) is 2.06. The summed E-state index contributed by atoms with van der Waals surface area (Å²) >= 11 is 0.